The standard InChI is InChI=1S/C12H9FN6O/c13-8-1-2-9(15-5-8)6-16-12-14-4-3-10(18-12)11-17-7-20-19-11/h1-5,7H,6H2,(H,14,16,18). The molecule has 20 heavy (non-hydrogen) atoms. The minimum absolute atomic E-state index is 0.371. The molecule has 0 saturated heterocycles. The molecule has 0 aliphatic heterocycles. The third-order valence-corrected chi connectivity index (χ3v) is 2.46. The van der Waals surface area contributed by atoms with Crippen molar-refractivity contribution in [2.24, 2.45) is 0 Å². The normalized spacial score (nSPS) is 10.4. The van der Waals surface area contributed by atoms with Crippen LogP contribution in [-0.4, -0.2) is 25.1 Å². The van der Waals surface area contributed by atoms with E-state index in [4.69, 9.17) is 0 Å². The van der Waals surface area contributed by atoms with E-state index in [1.165, 1.54) is 12.5 Å². The van der Waals surface area contributed by atoms with Crippen LogP contribution in [-0.2, 0) is 6.54 Å². The molecule has 0 fully saturated rings. The van der Waals surface area contributed by atoms with Crippen LogP contribution in [0.4, 0.5) is 10.3 Å². The van der Waals surface area contributed by atoms with Gasteiger partial charge < -0.3 is 9.84 Å². The van der Waals surface area contributed by atoms with E-state index in [-0.39, 0.29) is 5.82 Å². The molecule has 7 nitrogen and oxygen atoms in total. The fourth-order valence-electron chi connectivity index (χ4n) is 1.53. The van der Waals surface area contributed by atoms with Crippen LogP contribution in [0.25, 0.3) is 11.5 Å². The summed E-state index contributed by atoms with van der Waals surface area (Å²) in [5, 5.41) is 6.69. The summed E-state index contributed by atoms with van der Waals surface area (Å²) in [6.45, 7) is 0.385. The minimum Gasteiger partial charge on any atom is -0.349 e. The first-order valence-electron chi connectivity index (χ1n) is 5.75. The van der Waals surface area contributed by atoms with E-state index in [0.717, 1.165) is 6.20 Å². The SMILES string of the molecule is Fc1ccc(CNc2nccc(-c3ncon3)n2)nc1. The van der Waals surface area contributed by atoms with Crippen LogP contribution in [0, 0.1) is 5.82 Å². The van der Waals surface area contributed by atoms with Crippen LogP contribution in [0.1, 0.15) is 5.69 Å². The number of hydrogen-bond donors (Lipinski definition) is 1. The lowest BCUT2D eigenvalue weighted by Crippen LogP contribution is -2.05. The third-order valence-electron chi connectivity index (χ3n) is 2.46. The lowest BCUT2D eigenvalue weighted by atomic mass is 10.3. The predicted octanol–water partition coefficient (Wildman–Crippen LogP) is 1.67. The lowest BCUT2D eigenvalue weighted by molar-refractivity contribution is 0.418. The maximum absolute atomic E-state index is 12.7. The monoisotopic (exact) mass is 272 g/mol. The molecule has 0 aromatic carbocycles. The highest BCUT2D eigenvalue weighted by Crippen LogP contribution is 2.12. The number of nitrogens with zero attached hydrogens (tertiary/aromatic N) is 5. The molecule has 0 saturated carbocycles. The topological polar surface area (TPSA) is 89.6 Å². The van der Waals surface area contributed by atoms with Gasteiger partial charge in [0.1, 0.15) is 11.5 Å². The molecule has 1 N–H and O–H groups in total. The van der Waals surface area contributed by atoms with Gasteiger partial charge in [0.05, 0.1) is 18.4 Å². The average Bonchev–Trinajstić information content (AvgIpc) is 3.01. The quantitative estimate of drug-likeness (QED) is 0.772. The summed E-state index contributed by atoms with van der Waals surface area (Å²) in [5.74, 6) is 0.415. The summed E-state index contributed by atoms with van der Waals surface area (Å²) in [5.41, 5.74) is 1.23. The van der Waals surface area contributed by atoms with Crippen molar-refractivity contribution in [3.05, 3.63) is 48.5 Å². The van der Waals surface area contributed by atoms with Crippen LogP contribution in [0.15, 0.2) is 41.5 Å². The molecule has 0 aliphatic carbocycles. The Morgan fingerprint density at radius 2 is 2.10 bits per heavy atom. The van der Waals surface area contributed by atoms with Crippen molar-refractivity contribution in [2.75, 3.05) is 5.32 Å². The Hall–Kier alpha value is -2.90. The molecule has 0 aliphatic rings. The summed E-state index contributed by atoms with van der Waals surface area (Å²) in [6, 6.07) is 4.61. The summed E-state index contributed by atoms with van der Waals surface area (Å²) in [7, 11) is 0. The average molecular weight is 272 g/mol. The Morgan fingerprint density at radius 1 is 1.15 bits per heavy atom. The molecule has 3 aromatic heterocycles. The second-order valence-corrected chi connectivity index (χ2v) is 3.84. The predicted molar refractivity (Wildman–Crippen MR) is 66.8 cm³/mol. The Kier molecular flexibility index (Phi) is 3.27. The van der Waals surface area contributed by atoms with Crippen molar-refractivity contribution in [1.82, 2.24) is 25.1 Å². The Labute approximate surface area is 112 Å². The highest BCUT2D eigenvalue weighted by molar-refractivity contribution is 5.49. The van der Waals surface area contributed by atoms with Crippen LogP contribution in [0.5, 0.6) is 0 Å². The molecule has 0 unspecified atom stereocenters. The highest BCUT2D eigenvalue weighted by Gasteiger charge is 2.06. The van der Waals surface area contributed by atoms with Crippen LogP contribution < -0.4 is 5.32 Å². The summed E-state index contributed by atoms with van der Waals surface area (Å²) in [4.78, 5) is 16.1. The van der Waals surface area contributed by atoms with Gasteiger partial charge >= 0.3 is 0 Å². The van der Waals surface area contributed by atoms with Crippen LogP contribution >= 0.6 is 0 Å². The van der Waals surface area contributed by atoms with E-state index < -0.39 is 0 Å². The highest BCUT2D eigenvalue weighted by atomic mass is 19.1. The Morgan fingerprint density at radius 3 is 2.85 bits per heavy atom. The molecule has 0 bridgehead atoms. The van der Waals surface area contributed by atoms with Crippen molar-refractivity contribution in [1.29, 1.82) is 0 Å². The van der Waals surface area contributed by atoms with E-state index in [9.17, 15) is 4.39 Å². The van der Waals surface area contributed by atoms with Crippen LogP contribution in [0.2, 0.25) is 0 Å². The van der Waals surface area contributed by atoms with Gasteiger partial charge in [-0.15, -0.1) is 0 Å². The lowest BCUT2D eigenvalue weighted by Gasteiger charge is -2.04. The fraction of sp³-hybridized carbons (Fsp3) is 0.0833. The van der Waals surface area contributed by atoms with Crippen LogP contribution in [0.3, 0.4) is 0 Å². The van der Waals surface area contributed by atoms with Gasteiger partial charge in [-0.1, -0.05) is 5.16 Å². The largest absolute Gasteiger partial charge is 0.349 e. The molecule has 3 aromatic rings. The minimum atomic E-state index is -0.371. The number of aromatic nitrogens is 5. The molecule has 0 atom stereocenters. The maximum Gasteiger partial charge on any atom is 0.223 e. The zero-order valence-corrected chi connectivity index (χ0v) is 10.2. The molecular formula is C12H9FN6O. The summed E-state index contributed by atoms with van der Waals surface area (Å²) in [6.07, 6.45) is 3.97. The summed E-state index contributed by atoms with van der Waals surface area (Å²) >= 11 is 0. The van der Waals surface area contributed by atoms with Gasteiger partial charge in [0.15, 0.2) is 0 Å². The van der Waals surface area contributed by atoms with Gasteiger partial charge in [0.2, 0.25) is 18.2 Å². The van der Waals surface area contributed by atoms with Gasteiger partial charge in [-0.3, -0.25) is 4.98 Å². The molecular weight excluding hydrogens is 263 g/mol. The van der Waals surface area contributed by atoms with Gasteiger partial charge in [-0.05, 0) is 18.2 Å². The molecule has 3 heterocycles. The van der Waals surface area contributed by atoms with Gasteiger partial charge in [0, 0.05) is 6.20 Å². The van der Waals surface area contributed by atoms with Crippen molar-refractivity contribution in [3.8, 4) is 11.5 Å². The van der Waals surface area contributed by atoms with E-state index in [0.29, 0.717) is 29.7 Å². The zero-order chi connectivity index (χ0) is 13.8. The number of hydrogen-bond acceptors (Lipinski definition) is 7. The maximum atomic E-state index is 12.7. The first-order chi connectivity index (χ1) is 9.81. The molecule has 0 amide bonds. The molecule has 8 heteroatoms. The number of rotatable bonds is 4. The van der Waals surface area contributed by atoms with Crippen molar-refractivity contribution < 1.29 is 8.91 Å². The van der Waals surface area contributed by atoms with E-state index in [2.05, 4.69) is 34.9 Å². The Balaban J connectivity index is 1.72. The third kappa shape index (κ3) is 2.74. The first kappa shape index (κ1) is 12.2. The number of halogens is 1. The van der Waals surface area contributed by atoms with E-state index >= 15 is 0 Å². The van der Waals surface area contributed by atoms with E-state index in [1.54, 1.807) is 18.3 Å². The zero-order valence-electron chi connectivity index (χ0n) is 10.2. The molecule has 0 spiro atoms. The van der Waals surface area contributed by atoms with Crippen molar-refractivity contribution >= 4 is 5.95 Å². The number of anilines is 1. The van der Waals surface area contributed by atoms with Gasteiger partial charge in [-0.2, -0.15) is 4.98 Å². The number of nitrogens with one attached hydrogen (secondary N) is 1. The molecule has 0 radical (unpaired) electrons. The second kappa shape index (κ2) is 5.39. The van der Waals surface area contributed by atoms with Gasteiger partial charge in [0.25, 0.3) is 0 Å². The Bertz CT molecular complexity index is 685. The molecule has 3 rings (SSSR count). The van der Waals surface area contributed by atoms with E-state index in [1.807, 2.05) is 0 Å². The second-order valence-electron chi connectivity index (χ2n) is 3.84. The first-order valence-corrected chi connectivity index (χ1v) is 5.75. The van der Waals surface area contributed by atoms with Crippen molar-refractivity contribution in [3.63, 3.8) is 0 Å². The van der Waals surface area contributed by atoms with Gasteiger partial charge in [-0.25, -0.2) is 14.4 Å². The van der Waals surface area contributed by atoms with Crippen molar-refractivity contribution in [2.45, 2.75) is 6.54 Å². The fourth-order valence-corrected chi connectivity index (χ4v) is 1.53. The molecule has 100 valence electrons. The summed E-state index contributed by atoms with van der Waals surface area (Å²) < 4.78 is 17.4. The smallest absolute Gasteiger partial charge is 0.223 e. The number of pyridine rings is 1.